The van der Waals surface area contributed by atoms with E-state index in [1.54, 1.807) is 4.90 Å². The van der Waals surface area contributed by atoms with Crippen molar-refractivity contribution in [2.24, 2.45) is 5.73 Å². The number of carbonyl (C=O) groups is 1. The molecule has 5 nitrogen and oxygen atoms in total. The second-order valence-corrected chi connectivity index (χ2v) is 6.68. The molecule has 0 aliphatic heterocycles. The van der Waals surface area contributed by atoms with E-state index < -0.39 is 0 Å². The van der Waals surface area contributed by atoms with E-state index in [0.29, 0.717) is 13.0 Å². The maximum absolute atomic E-state index is 12.4. The van der Waals surface area contributed by atoms with Crippen LogP contribution >= 0.6 is 12.4 Å². The monoisotopic (exact) mass is 399 g/mol. The summed E-state index contributed by atoms with van der Waals surface area (Å²) in [6.45, 7) is 0.654. The normalized spacial score (nSPS) is 11.5. The Morgan fingerprint density at radius 3 is 2.43 bits per heavy atom. The lowest BCUT2D eigenvalue weighted by Crippen LogP contribution is -2.30. The van der Waals surface area contributed by atoms with Crippen LogP contribution in [0.3, 0.4) is 0 Å². The molecule has 1 aromatic heterocycles. The molecule has 0 saturated carbocycles. The second kappa shape index (κ2) is 10.6. The number of aromatic nitrogens is 1. The number of amides is 1. The van der Waals surface area contributed by atoms with Gasteiger partial charge < -0.3 is 15.2 Å². The minimum atomic E-state index is -0.274. The van der Waals surface area contributed by atoms with Crippen molar-refractivity contribution >= 4 is 18.3 Å². The van der Waals surface area contributed by atoms with Crippen molar-refractivity contribution < 1.29 is 9.32 Å². The van der Waals surface area contributed by atoms with Crippen LogP contribution in [0, 0.1) is 0 Å². The SMILES string of the molecule is CN(CCCc1cc(-c2ccccc2)no1)C(=O)CC(N)c1ccccc1.Cl. The van der Waals surface area contributed by atoms with Gasteiger partial charge in [-0.2, -0.15) is 0 Å². The number of hydrogen-bond donors (Lipinski definition) is 1. The Balaban J connectivity index is 0.00000280. The van der Waals surface area contributed by atoms with Crippen LogP contribution in [0.2, 0.25) is 0 Å². The second-order valence-electron chi connectivity index (χ2n) is 6.68. The van der Waals surface area contributed by atoms with Gasteiger partial charge in [-0.1, -0.05) is 65.8 Å². The largest absolute Gasteiger partial charge is 0.361 e. The average molecular weight is 400 g/mol. The van der Waals surface area contributed by atoms with E-state index in [0.717, 1.165) is 35.4 Å². The van der Waals surface area contributed by atoms with Crippen molar-refractivity contribution in [1.82, 2.24) is 10.1 Å². The molecule has 1 heterocycles. The van der Waals surface area contributed by atoms with E-state index in [2.05, 4.69) is 5.16 Å². The van der Waals surface area contributed by atoms with Gasteiger partial charge in [0.05, 0.1) is 0 Å². The molecule has 1 atom stereocenters. The summed E-state index contributed by atoms with van der Waals surface area (Å²) in [7, 11) is 1.82. The third-order valence-electron chi connectivity index (χ3n) is 4.59. The zero-order valence-corrected chi connectivity index (χ0v) is 16.8. The first-order chi connectivity index (χ1) is 13.1. The summed E-state index contributed by atoms with van der Waals surface area (Å²) in [4.78, 5) is 14.1. The van der Waals surface area contributed by atoms with E-state index in [9.17, 15) is 4.79 Å². The first-order valence-corrected chi connectivity index (χ1v) is 9.19. The van der Waals surface area contributed by atoms with Crippen molar-refractivity contribution in [1.29, 1.82) is 0 Å². The van der Waals surface area contributed by atoms with E-state index in [-0.39, 0.29) is 24.4 Å². The highest BCUT2D eigenvalue weighted by Crippen LogP contribution is 2.19. The fraction of sp³-hybridized carbons (Fsp3) is 0.273. The number of nitrogens with zero attached hydrogens (tertiary/aromatic N) is 2. The summed E-state index contributed by atoms with van der Waals surface area (Å²) in [5.41, 5.74) is 9.00. The topological polar surface area (TPSA) is 72.4 Å². The summed E-state index contributed by atoms with van der Waals surface area (Å²) < 4.78 is 5.41. The van der Waals surface area contributed by atoms with Gasteiger partial charge in [-0.3, -0.25) is 4.79 Å². The van der Waals surface area contributed by atoms with Gasteiger partial charge in [0.2, 0.25) is 5.91 Å². The Bertz CT molecular complexity index is 852. The number of benzene rings is 2. The minimum absolute atomic E-state index is 0. The molecule has 3 aromatic rings. The minimum Gasteiger partial charge on any atom is -0.361 e. The third kappa shape index (κ3) is 5.94. The Morgan fingerprint density at radius 1 is 1.11 bits per heavy atom. The van der Waals surface area contributed by atoms with Gasteiger partial charge in [0, 0.05) is 44.1 Å². The fourth-order valence-electron chi connectivity index (χ4n) is 2.95. The molecule has 148 valence electrons. The highest BCUT2D eigenvalue weighted by atomic mass is 35.5. The summed E-state index contributed by atoms with van der Waals surface area (Å²) >= 11 is 0. The van der Waals surface area contributed by atoms with Gasteiger partial charge in [0.1, 0.15) is 11.5 Å². The molecule has 1 amide bonds. The van der Waals surface area contributed by atoms with Crippen LogP contribution in [0.4, 0.5) is 0 Å². The lowest BCUT2D eigenvalue weighted by atomic mass is 10.0. The lowest BCUT2D eigenvalue weighted by Gasteiger charge is -2.19. The number of nitrogens with two attached hydrogens (primary N) is 1. The molecule has 28 heavy (non-hydrogen) atoms. The molecule has 0 bridgehead atoms. The molecule has 0 radical (unpaired) electrons. The molecule has 0 spiro atoms. The van der Waals surface area contributed by atoms with Crippen LogP contribution < -0.4 is 5.73 Å². The summed E-state index contributed by atoms with van der Waals surface area (Å²) in [6.07, 6.45) is 1.86. The Labute approximate surface area is 171 Å². The van der Waals surface area contributed by atoms with Crippen molar-refractivity contribution in [2.75, 3.05) is 13.6 Å². The van der Waals surface area contributed by atoms with E-state index in [4.69, 9.17) is 10.3 Å². The van der Waals surface area contributed by atoms with Crippen LogP contribution in [0.25, 0.3) is 11.3 Å². The molecule has 0 aliphatic carbocycles. The van der Waals surface area contributed by atoms with Crippen LogP contribution in [0.5, 0.6) is 0 Å². The number of aryl methyl sites for hydroxylation is 1. The maximum atomic E-state index is 12.4. The molecule has 0 saturated heterocycles. The average Bonchev–Trinajstić information content (AvgIpc) is 3.18. The number of carbonyl (C=O) groups excluding carboxylic acids is 1. The van der Waals surface area contributed by atoms with Gasteiger partial charge in [0.15, 0.2) is 0 Å². The molecule has 2 aromatic carbocycles. The predicted molar refractivity (Wildman–Crippen MR) is 113 cm³/mol. The highest BCUT2D eigenvalue weighted by molar-refractivity contribution is 5.85. The number of rotatable bonds is 8. The van der Waals surface area contributed by atoms with Gasteiger partial charge in [-0.05, 0) is 12.0 Å². The smallest absolute Gasteiger partial charge is 0.224 e. The standard InChI is InChI=1S/C22H25N3O2.ClH/c1-25(22(26)16-20(23)17-9-4-2-5-10-17)14-8-13-19-15-21(24-27-19)18-11-6-3-7-12-18;/h2-7,9-12,15,20H,8,13-14,16,23H2,1H3;1H. The van der Waals surface area contributed by atoms with Crippen LogP contribution in [-0.4, -0.2) is 29.6 Å². The molecular weight excluding hydrogens is 374 g/mol. The fourth-order valence-corrected chi connectivity index (χ4v) is 2.95. The van der Waals surface area contributed by atoms with E-state index in [1.165, 1.54) is 0 Å². The van der Waals surface area contributed by atoms with Crippen molar-refractivity contribution in [3.63, 3.8) is 0 Å². The zero-order valence-electron chi connectivity index (χ0n) is 16.0. The van der Waals surface area contributed by atoms with Gasteiger partial charge >= 0.3 is 0 Å². The first kappa shape index (κ1) is 21.7. The zero-order chi connectivity index (χ0) is 19.1. The lowest BCUT2D eigenvalue weighted by molar-refractivity contribution is -0.130. The quantitative estimate of drug-likeness (QED) is 0.614. The Kier molecular flexibility index (Phi) is 8.23. The molecule has 0 aliphatic rings. The van der Waals surface area contributed by atoms with E-state index >= 15 is 0 Å². The number of halogens is 1. The maximum Gasteiger partial charge on any atom is 0.224 e. The molecule has 3 rings (SSSR count). The summed E-state index contributed by atoms with van der Waals surface area (Å²) in [5.74, 6) is 0.879. The Morgan fingerprint density at radius 2 is 1.75 bits per heavy atom. The number of hydrogen-bond acceptors (Lipinski definition) is 4. The summed E-state index contributed by atoms with van der Waals surface area (Å²) in [6, 6.07) is 21.3. The molecular formula is C22H26ClN3O2. The predicted octanol–water partition coefficient (Wildman–Crippen LogP) is 4.24. The van der Waals surface area contributed by atoms with Gasteiger partial charge in [-0.25, -0.2) is 0 Å². The third-order valence-corrected chi connectivity index (χ3v) is 4.59. The van der Waals surface area contributed by atoms with Crippen molar-refractivity contribution in [2.45, 2.75) is 25.3 Å². The van der Waals surface area contributed by atoms with Crippen molar-refractivity contribution in [3.8, 4) is 11.3 Å². The van der Waals surface area contributed by atoms with Crippen LogP contribution in [-0.2, 0) is 11.2 Å². The van der Waals surface area contributed by atoms with Crippen molar-refractivity contribution in [3.05, 3.63) is 78.1 Å². The van der Waals surface area contributed by atoms with E-state index in [1.807, 2.05) is 73.8 Å². The van der Waals surface area contributed by atoms with Gasteiger partial charge in [-0.15, -0.1) is 12.4 Å². The first-order valence-electron chi connectivity index (χ1n) is 9.19. The van der Waals surface area contributed by atoms with Crippen LogP contribution in [0.1, 0.15) is 30.2 Å². The summed E-state index contributed by atoms with van der Waals surface area (Å²) in [5, 5.41) is 4.12. The molecule has 6 heteroatoms. The molecule has 1 unspecified atom stereocenters. The Hall–Kier alpha value is -2.63. The highest BCUT2D eigenvalue weighted by Gasteiger charge is 2.15. The molecule has 0 fully saturated rings. The molecule has 2 N–H and O–H groups in total. The van der Waals surface area contributed by atoms with Gasteiger partial charge in [0.25, 0.3) is 0 Å². The van der Waals surface area contributed by atoms with Crippen LogP contribution in [0.15, 0.2) is 71.3 Å².